The van der Waals surface area contributed by atoms with E-state index in [2.05, 4.69) is 0 Å². The third kappa shape index (κ3) is 4.19. The summed E-state index contributed by atoms with van der Waals surface area (Å²) >= 11 is 6.14. The Balaban J connectivity index is 1.87. The molecule has 2 heterocycles. The zero-order valence-electron chi connectivity index (χ0n) is 14.1. The normalized spacial score (nSPS) is 14.7. The van der Waals surface area contributed by atoms with Crippen LogP contribution in [0.3, 0.4) is 0 Å². The van der Waals surface area contributed by atoms with Gasteiger partial charge in [-0.15, -0.1) is 0 Å². The molecule has 3 rings (SSSR count). The lowest BCUT2D eigenvalue weighted by molar-refractivity contribution is -0.130. The van der Waals surface area contributed by atoms with E-state index in [1.807, 2.05) is 6.07 Å². The number of halogens is 1. The van der Waals surface area contributed by atoms with Crippen LogP contribution in [0.2, 0.25) is 5.02 Å². The smallest absolute Gasteiger partial charge is 0.335 e. The molecule has 2 aromatic rings. The maximum atomic E-state index is 12.4. The third-order valence-electron chi connectivity index (χ3n) is 4.04. The molecule has 8 heteroatoms. The van der Waals surface area contributed by atoms with Gasteiger partial charge in [-0.3, -0.25) is 4.79 Å². The van der Waals surface area contributed by atoms with Gasteiger partial charge >= 0.3 is 5.97 Å². The predicted octanol–water partition coefficient (Wildman–Crippen LogP) is 3.06. The summed E-state index contributed by atoms with van der Waals surface area (Å²) in [6, 6.07) is 9.36. The van der Waals surface area contributed by atoms with Crippen LogP contribution in [0.5, 0.6) is 0 Å². The van der Waals surface area contributed by atoms with Crippen molar-refractivity contribution in [2.45, 2.75) is 0 Å². The van der Waals surface area contributed by atoms with E-state index in [1.165, 1.54) is 24.3 Å². The fourth-order valence-electron chi connectivity index (χ4n) is 2.64. The molecule has 0 atom stereocenters. The van der Waals surface area contributed by atoms with Crippen LogP contribution < -0.4 is 0 Å². The second-order valence-corrected chi connectivity index (χ2v) is 6.18. The van der Waals surface area contributed by atoms with Crippen molar-refractivity contribution in [1.82, 2.24) is 4.90 Å². The lowest BCUT2D eigenvalue weighted by atomic mass is 10.1. The summed E-state index contributed by atoms with van der Waals surface area (Å²) in [6.45, 7) is 1.74. The molecule has 0 unspecified atom stereocenters. The summed E-state index contributed by atoms with van der Waals surface area (Å²) in [5, 5.41) is 18.8. The lowest BCUT2D eigenvalue weighted by Crippen LogP contribution is -2.41. The molecule has 0 spiro atoms. The maximum absolute atomic E-state index is 12.4. The number of rotatable bonds is 4. The van der Waals surface area contributed by atoms with Gasteiger partial charge < -0.3 is 19.2 Å². The van der Waals surface area contributed by atoms with Crippen LogP contribution in [-0.2, 0) is 9.53 Å². The topological polar surface area (TPSA) is 104 Å². The molecule has 1 aromatic carbocycles. The van der Waals surface area contributed by atoms with Crippen molar-refractivity contribution in [1.29, 1.82) is 5.26 Å². The van der Waals surface area contributed by atoms with E-state index in [-0.39, 0.29) is 17.0 Å². The molecule has 7 nitrogen and oxygen atoms in total. The molecule has 0 saturated carbocycles. The number of carbonyl (C=O) groups excluding carboxylic acids is 1. The van der Waals surface area contributed by atoms with Gasteiger partial charge in [-0.2, -0.15) is 5.26 Å². The van der Waals surface area contributed by atoms with Crippen molar-refractivity contribution in [3.63, 3.8) is 0 Å². The molecule has 1 N–H and O–H groups in total. The minimum atomic E-state index is -1.08. The van der Waals surface area contributed by atoms with Crippen LogP contribution >= 0.6 is 11.6 Å². The van der Waals surface area contributed by atoms with E-state index in [1.54, 1.807) is 17.0 Å². The number of hydrogen-bond acceptors (Lipinski definition) is 5. The number of benzene rings is 1. The highest BCUT2D eigenvalue weighted by molar-refractivity contribution is 6.33. The average Bonchev–Trinajstić information content (AvgIpc) is 3.14. The maximum Gasteiger partial charge on any atom is 0.335 e. The highest BCUT2D eigenvalue weighted by Crippen LogP contribution is 2.31. The number of ether oxygens (including phenoxy) is 1. The molecule has 1 fully saturated rings. The number of carboxylic acid groups (broad SMARTS) is 1. The molecular weight excluding hydrogens is 372 g/mol. The average molecular weight is 387 g/mol. The van der Waals surface area contributed by atoms with E-state index in [0.29, 0.717) is 48.4 Å². The molecular formula is C19H15ClN2O5. The standard InChI is InChI=1S/C19H15ClN2O5/c20-16-3-1-12(19(24)25)10-15(16)17-4-2-14(27-17)9-13(11-21)18(23)22-5-7-26-8-6-22/h1-4,9-10H,5-8H2,(H,24,25). The Morgan fingerprint density at radius 1 is 1.22 bits per heavy atom. The van der Waals surface area contributed by atoms with E-state index in [4.69, 9.17) is 25.9 Å². The van der Waals surface area contributed by atoms with Crippen molar-refractivity contribution in [2.24, 2.45) is 0 Å². The van der Waals surface area contributed by atoms with Gasteiger partial charge in [0.15, 0.2) is 0 Å². The van der Waals surface area contributed by atoms with Crippen LogP contribution in [0.4, 0.5) is 0 Å². The second-order valence-electron chi connectivity index (χ2n) is 5.78. The van der Waals surface area contributed by atoms with Crippen LogP contribution in [0, 0.1) is 11.3 Å². The van der Waals surface area contributed by atoms with Crippen molar-refractivity contribution in [3.8, 4) is 17.4 Å². The Kier molecular flexibility index (Phi) is 5.60. The van der Waals surface area contributed by atoms with Gasteiger partial charge in [0.25, 0.3) is 5.91 Å². The van der Waals surface area contributed by atoms with Crippen LogP contribution in [-0.4, -0.2) is 48.2 Å². The Bertz CT molecular complexity index is 951. The largest absolute Gasteiger partial charge is 0.478 e. The molecule has 1 aliphatic rings. The van der Waals surface area contributed by atoms with E-state index in [0.717, 1.165) is 0 Å². The zero-order valence-corrected chi connectivity index (χ0v) is 14.9. The Labute approximate surface area is 160 Å². The predicted molar refractivity (Wildman–Crippen MR) is 97.1 cm³/mol. The van der Waals surface area contributed by atoms with Gasteiger partial charge in [0.2, 0.25) is 0 Å². The van der Waals surface area contributed by atoms with Gasteiger partial charge in [-0.05, 0) is 30.3 Å². The molecule has 27 heavy (non-hydrogen) atoms. The first-order valence-electron chi connectivity index (χ1n) is 8.11. The SMILES string of the molecule is N#CC(=Cc1ccc(-c2cc(C(=O)O)ccc2Cl)o1)C(=O)N1CCOCC1. The fraction of sp³-hybridized carbons (Fsp3) is 0.211. The second kappa shape index (κ2) is 8.08. The van der Waals surface area contributed by atoms with Crippen LogP contribution in [0.1, 0.15) is 16.1 Å². The Morgan fingerprint density at radius 2 is 1.96 bits per heavy atom. The summed E-state index contributed by atoms with van der Waals surface area (Å²) < 4.78 is 10.9. The van der Waals surface area contributed by atoms with E-state index >= 15 is 0 Å². The van der Waals surface area contributed by atoms with Gasteiger partial charge in [-0.1, -0.05) is 11.6 Å². The molecule has 138 valence electrons. The summed E-state index contributed by atoms with van der Waals surface area (Å²) in [7, 11) is 0. The summed E-state index contributed by atoms with van der Waals surface area (Å²) in [5.41, 5.74) is 0.431. The molecule has 0 aliphatic carbocycles. The van der Waals surface area contributed by atoms with Crippen molar-refractivity contribution in [2.75, 3.05) is 26.3 Å². The van der Waals surface area contributed by atoms with Crippen molar-refractivity contribution < 1.29 is 23.8 Å². The number of carbonyl (C=O) groups is 2. The fourth-order valence-corrected chi connectivity index (χ4v) is 2.85. The summed E-state index contributed by atoms with van der Waals surface area (Å²) in [5.74, 6) is -0.836. The van der Waals surface area contributed by atoms with E-state index in [9.17, 15) is 14.9 Å². The van der Waals surface area contributed by atoms with Crippen molar-refractivity contribution in [3.05, 3.63) is 52.3 Å². The van der Waals surface area contributed by atoms with E-state index < -0.39 is 5.97 Å². The first-order chi connectivity index (χ1) is 13.0. The number of nitrogens with zero attached hydrogens (tertiary/aromatic N) is 2. The number of furan rings is 1. The van der Waals surface area contributed by atoms with Crippen molar-refractivity contribution >= 4 is 29.6 Å². The molecule has 1 aliphatic heterocycles. The third-order valence-corrected chi connectivity index (χ3v) is 4.37. The minimum absolute atomic E-state index is 0.0526. The number of nitriles is 1. The Hall–Kier alpha value is -3.08. The Morgan fingerprint density at radius 3 is 2.63 bits per heavy atom. The van der Waals surface area contributed by atoms with Gasteiger partial charge in [0.1, 0.15) is 23.2 Å². The summed E-state index contributed by atoms with van der Waals surface area (Å²) in [4.78, 5) is 25.1. The molecule has 0 bridgehead atoms. The quantitative estimate of drug-likeness (QED) is 0.639. The zero-order chi connectivity index (χ0) is 19.4. The number of aromatic carboxylic acids is 1. The minimum Gasteiger partial charge on any atom is -0.478 e. The highest BCUT2D eigenvalue weighted by Gasteiger charge is 2.21. The highest BCUT2D eigenvalue weighted by atomic mass is 35.5. The van der Waals surface area contributed by atoms with Gasteiger partial charge in [0.05, 0.1) is 23.8 Å². The molecule has 1 saturated heterocycles. The first kappa shape index (κ1) is 18.7. The first-order valence-corrected chi connectivity index (χ1v) is 8.49. The number of hydrogen-bond donors (Lipinski definition) is 1. The molecule has 0 radical (unpaired) electrons. The van der Waals surface area contributed by atoms with Gasteiger partial charge in [-0.25, -0.2) is 4.79 Å². The lowest BCUT2D eigenvalue weighted by Gasteiger charge is -2.26. The number of morpholine rings is 1. The number of carboxylic acids is 1. The van der Waals surface area contributed by atoms with Crippen LogP contribution in [0.25, 0.3) is 17.4 Å². The molecule has 1 amide bonds. The van der Waals surface area contributed by atoms with Crippen LogP contribution in [0.15, 0.2) is 40.3 Å². The van der Waals surface area contributed by atoms with Gasteiger partial charge in [0, 0.05) is 24.7 Å². The monoisotopic (exact) mass is 386 g/mol. The molecule has 1 aromatic heterocycles. The summed E-state index contributed by atoms with van der Waals surface area (Å²) in [6.07, 6.45) is 1.36. The number of amides is 1.